The van der Waals surface area contributed by atoms with Crippen LogP contribution in [-0.2, 0) is 9.59 Å². The Morgan fingerprint density at radius 2 is 2.35 bits per heavy atom. The van der Waals surface area contributed by atoms with E-state index in [1.807, 2.05) is 19.1 Å². The van der Waals surface area contributed by atoms with Gasteiger partial charge in [0.2, 0.25) is 11.8 Å². The van der Waals surface area contributed by atoms with Crippen LogP contribution in [0.25, 0.3) is 10.2 Å². The van der Waals surface area contributed by atoms with E-state index in [0.29, 0.717) is 18.1 Å². The van der Waals surface area contributed by atoms with Gasteiger partial charge < -0.3 is 10.6 Å². The molecule has 1 atom stereocenters. The molecule has 1 unspecified atom stereocenters. The van der Waals surface area contributed by atoms with Crippen LogP contribution in [0.4, 0.5) is 5.13 Å². The second kappa shape index (κ2) is 5.20. The van der Waals surface area contributed by atoms with Crippen molar-refractivity contribution in [3.8, 4) is 0 Å². The Kier molecular flexibility index (Phi) is 3.40. The summed E-state index contributed by atoms with van der Waals surface area (Å²) in [6.07, 6.45) is 0.942. The number of thiazole rings is 1. The highest BCUT2D eigenvalue weighted by atomic mass is 32.1. The number of benzene rings is 1. The van der Waals surface area contributed by atoms with Crippen molar-refractivity contribution in [2.24, 2.45) is 5.92 Å². The maximum Gasteiger partial charge on any atom is 0.229 e. The van der Waals surface area contributed by atoms with Gasteiger partial charge in [-0.1, -0.05) is 17.4 Å². The molecule has 1 saturated heterocycles. The number of rotatable bonds is 2. The number of nitrogens with zero attached hydrogens (tertiary/aromatic N) is 1. The van der Waals surface area contributed by atoms with E-state index in [4.69, 9.17) is 0 Å². The first kappa shape index (κ1) is 13.1. The highest BCUT2D eigenvalue weighted by Crippen LogP contribution is 2.27. The third kappa shape index (κ3) is 2.65. The molecule has 1 aliphatic rings. The minimum Gasteiger partial charge on any atom is -0.356 e. The monoisotopic (exact) mass is 289 g/mol. The van der Waals surface area contributed by atoms with E-state index < -0.39 is 0 Å². The highest BCUT2D eigenvalue weighted by molar-refractivity contribution is 7.22. The Labute approximate surface area is 120 Å². The molecule has 104 valence electrons. The molecule has 1 aromatic carbocycles. The Balaban J connectivity index is 1.75. The molecule has 6 heteroatoms. The van der Waals surface area contributed by atoms with Crippen LogP contribution >= 0.6 is 11.3 Å². The minimum absolute atomic E-state index is 0.0590. The number of hydrogen-bond donors (Lipinski definition) is 2. The third-order valence-electron chi connectivity index (χ3n) is 3.39. The van der Waals surface area contributed by atoms with E-state index >= 15 is 0 Å². The molecule has 0 radical (unpaired) electrons. The summed E-state index contributed by atoms with van der Waals surface area (Å²) in [5.74, 6) is -0.426. The van der Waals surface area contributed by atoms with Gasteiger partial charge in [-0.3, -0.25) is 9.59 Å². The number of hydrogen-bond acceptors (Lipinski definition) is 4. The topological polar surface area (TPSA) is 71.1 Å². The lowest BCUT2D eigenvalue weighted by Gasteiger charge is -2.20. The first-order chi connectivity index (χ1) is 9.61. The second-order valence-corrected chi connectivity index (χ2v) is 6.05. The average Bonchev–Trinajstić information content (AvgIpc) is 2.80. The minimum atomic E-state index is -0.252. The van der Waals surface area contributed by atoms with Crippen LogP contribution < -0.4 is 10.6 Å². The van der Waals surface area contributed by atoms with Crippen LogP contribution in [-0.4, -0.2) is 23.3 Å². The van der Waals surface area contributed by atoms with Crippen molar-refractivity contribution in [1.82, 2.24) is 10.3 Å². The molecule has 1 aliphatic heterocycles. The van der Waals surface area contributed by atoms with Gasteiger partial charge in [-0.15, -0.1) is 0 Å². The largest absolute Gasteiger partial charge is 0.356 e. The molecular formula is C14H15N3O2S. The SMILES string of the molecule is Cc1ccc2nc(NC(=O)C3CCNC(=O)C3)sc2c1. The van der Waals surface area contributed by atoms with Crippen molar-refractivity contribution in [1.29, 1.82) is 0 Å². The normalized spacial score (nSPS) is 18.9. The molecule has 5 nitrogen and oxygen atoms in total. The van der Waals surface area contributed by atoms with Crippen molar-refractivity contribution in [2.45, 2.75) is 19.8 Å². The molecule has 1 fully saturated rings. The maximum atomic E-state index is 12.1. The molecule has 3 rings (SSSR count). The fourth-order valence-electron chi connectivity index (χ4n) is 2.30. The zero-order valence-corrected chi connectivity index (χ0v) is 11.9. The van der Waals surface area contributed by atoms with E-state index in [1.54, 1.807) is 0 Å². The second-order valence-electron chi connectivity index (χ2n) is 5.02. The maximum absolute atomic E-state index is 12.1. The van der Waals surface area contributed by atoms with Crippen molar-refractivity contribution >= 4 is 38.5 Å². The summed E-state index contributed by atoms with van der Waals surface area (Å²) in [4.78, 5) is 27.8. The first-order valence-electron chi connectivity index (χ1n) is 6.56. The summed E-state index contributed by atoms with van der Waals surface area (Å²) in [5.41, 5.74) is 2.06. The average molecular weight is 289 g/mol. The molecule has 0 saturated carbocycles. The van der Waals surface area contributed by atoms with Crippen LogP contribution in [0.1, 0.15) is 18.4 Å². The lowest BCUT2D eigenvalue weighted by Crippen LogP contribution is -2.38. The Morgan fingerprint density at radius 1 is 1.50 bits per heavy atom. The highest BCUT2D eigenvalue weighted by Gasteiger charge is 2.26. The molecule has 0 spiro atoms. The summed E-state index contributed by atoms with van der Waals surface area (Å²) in [6.45, 7) is 2.59. The number of amides is 2. The predicted molar refractivity (Wildman–Crippen MR) is 78.7 cm³/mol. The molecule has 0 aliphatic carbocycles. The number of aromatic nitrogens is 1. The molecule has 0 bridgehead atoms. The Morgan fingerprint density at radius 3 is 3.15 bits per heavy atom. The van der Waals surface area contributed by atoms with Crippen LogP contribution in [0.3, 0.4) is 0 Å². The quantitative estimate of drug-likeness (QED) is 0.889. The van der Waals surface area contributed by atoms with E-state index in [1.165, 1.54) is 16.9 Å². The van der Waals surface area contributed by atoms with Gasteiger partial charge in [0.05, 0.1) is 10.2 Å². The van der Waals surface area contributed by atoms with E-state index in [2.05, 4.69) is 21.7 Å². The number of carbonyl (C=O) groups is 2. The van der Waals surface area contributed by atoms with Gasteiger partial charge >= 0.3 is 0 Å². The van der Waals surface area contributed by atoms with Crippen molar-refractivity contribution in [2.75, 3.05) is 11.9 Å². The number of nitrogens with one attached hydrogen (secondary N) is 2. The van der Waals surface area contributed by atoms with Crippen LogP contribution in [0.2, 0.25) is 0 Å². The van der Waals surface area contributed by atoms with Crippen LogP contribution in [0.15, 0.2) is 18.2 Å². The molecule has 2 heterocycles. The van der Waals surface area contributed by atoms with Crippen molar-refractivity contribution in [3.05, 3.63) is 23.8 Å². The van der Waals surface area contributed by atoms with Crippen LogP contribution in [0, 0.1) is 12.8 Å². The number of fused-ring (bicyclic) bond motifs is 1. The first-order valence-corrected chi connectivity index (χ1v) is 7.38. The Bertz CT molecular complexity index is 680. The molecular weight excluding hydrogens is 274 g/mol. The number of aryl methyl sites for hydroxylation is 1. The van der Waals surface area contributed by atoms with Crippen molar-refractivity contribution < 1.29 is 9.59 Å². The van der Waals surface area contributed by atoms with Gasteiger partial charge in [-0.2, -0.15) is 0 Å². The number of carbonyl (C=O) groups excluding carboxylic acids is 2. The number of anilines is 1. The van der Waals surface area contributed by atoms with E-state index in [9.17, 15) is 9.59 Å². The van der Waals surface area contributed by atoms with Gasteiger partial charge in [0.1, 0.15) is 0 Å². The summed E-state index contributed by atoms with van der Waals surface area (Å²) < 4.78 is 1.06. The summed E-state index contributed by atoms with van der Waals surface area (Å²) in [5, 5.41) is 6.15. The fourth-order valence-corrected chi connectivity index (χ4v) is 3.27. The lowest BCUT2D eigenvalue weighted by atomic mass is 9.97. The third-order valence-corrected chi connectivity index (χ3v) is 4.33. The summed E-state index contributed by atoms with van der Waals surface area (Å²) in [7, 11) is 0. The smallest absolute Gasteiger partial charge is 0.229 e. The molecule has 1 aromatic heterocycles. The lowest BCUT2D eigenvalue weighted by molar-refractivity contribution is -0.129. The molecule has 2 amide bonds. The zero-order valence-electron chi connectivity index (χ0n) is 11.1. The summed E-state index contributed by atoms with van der Waals surface area (Å²) in [6, 6.07) is 6.00. The predicted octanol–water partition coefficient (Wildman–Crippen LogP) is 2.07. The Hall–Kier alpha value is -1.95. The van der Waals surface area contributed by atoms with Crippen molar-refractivity contribution in [3.63, 3.8) is 0 Å². The van der Waals surface area contributed by atoms with Gasteiger partial charge in [0, 0.05) is 18.9 Å². The molecule has 20 heavy (non-hydrogen) atoms. The van der Waals surface area contributed by atoms with Crippen LogP contribution in [0.5, 0.6) is 0 Å². The van der Waals surface area contributed by atoms with Gasteiger partial charge in [-0.05, 0) is 31.0 Å². The van der Waals surface area contributed by atoms with E-state index in [0.717, 1.165) is 10.2 Å². The van der Waals surface area contributed by atoms with E-state index in [-0.39, 0.29) is 24.2 Å². The van der Waals surface area contributed by atoms with Gasteiger partial charge in [-0.25, -0.2) is 4.98 Å². The number of piperidine rings is 1. The van der Waals surface area contributed by atoms with Gasteiger partial charge in [0.25, 0.3) is 0 Å². The fraction of sp³-hybridized carbons (Fsp3) is 0.357. The molecule has 2 N–H and O–H groups in total. The zero-order chi connectivity index (χ0) is 14.1. The van der Waals surface area contributed by atoms with Gasteiger partial charge in [0.15, 0.2) is 5.13 Å². The summed E-state index contributed by atoms with van der Waals surface area (Å²) >= 11 is 1.46. The molecule has 2 aromatic rings. The standard InChI is InChI=1S/C14H15N3O2S/c1-8-2-3-10-11(6-8)20-14(16-10)17-13(19)9-4-5-15-12(18)7-9/h2-3,6,9H,4-5,7H2,1H3,(H,15,18)(H,16,17,19).